The maximum absolute atomic E-state index is 12.9. The smallest absolute Gasteiger partial charge is 0.126 e. The summed E-state index contributed by atoms with van der Waals surface area (Å²) >= 11 is 0. The van der Waals surface area contributed by atoms with Crippen molar-refractivity contribution in [2.24, 2.45) is 0 Å². The van der Waals surface area contributed by atoms with E-state index in [2.05, 4.69) is 10.2 Å². The highest BCUT2D eigenvalue weighted by Crippen LogP contribution is 2.18. The molecule has 0 fully saturated rings. The molecule has 14 heavy (non-hydrogen) atoms. The van der Waals surface area contributed by atoms with Gasteiger partial charge in [-0.3, -0.25) is 5.10 Å². The monoisotopic (exact) mass is 212 g/mol. The maximum Gasteiger partial charge on any atom is 0.126 e. The molecule has 1 aromatic carbocycles. The summed E-state index contributed by atoms with van der Waals surface area (Å²) < 4.78 is 12.9. The van der Waals surface area contributed by atoms with Crippen molar-refractivity contribution in [3.63, 3.8) is 0 Å². The van der Waals surface area contributed by atoms with Crippen LogP contribution in [0.2, 0.25) is 0 Å². The molecule has 0 bridgehead atoms. The lowest BCUT2D eigenvalue weighted by atomic mass is 10.1. The minimum absolute atomic E-state index is 0. The molecule has 0 spiro atoms. The third-order valence-electron chi connectivity index (χ3n) is 1.95. The molecule has 1 N–H and O–H groups in total. The fourth-order valence-electron chi connectivity index (χ4n) is 1.23. The van der Waals surface area contributed by atoms with Gasteiger partial charge >= 0.3 is 0 Å². The van der Waals surface area contributed by atoms with Gasteiger partial charge in [0.1, 0.15) is 5.82 Å². The molecule has 0 amide bonds. The van der Waals surface area contributed by atoms with Gasteiger partial charge in [0.2, 0.25) is 0 Å². The molecule has 0 aliphatic heterocycles. The van der Waals surface area contributed by atoms with Gasteiger partial charge in [0.15, 0.2) is 0 Å². The van der Waals surface area contributed by atoms with E-state index in [0.717, 1.165) is 11.3 Å². The molecule has 0 unspecified atom stereocenters. The van der Waals surface area contributed by atoms with Gasteiger partial charge in [-0.2, -0.15) is 5.10 Å². The van der Waals surface area contributed by atoms with Crippen LogP contribution in [0.5, 0.6) is 0 Å². The van der Waals surface area contributed by atoms with Crippen LogP contribution >= 0.6 is 12.4 Å². The number of aryl methyl sites for hydroxylation is 1. The second kappa shape index (κ2) is 4.24. The molecule has 0 saturated carbocycles. The summed E-state index contributed by atoms with van der Waals surface area (Å²) in [7, 11) is 0. The fourth-order valence-corrected chi connectivity index (χ4v) is 1.23. The van der Waals surface area contributed by atoms with E-state index in [0.29, 0.717) is 5.56 Å². The molecular formula is C10H10ClFN2. The summed E-state index contributed by atoms with van der Waals surface area (Å²) in [5.74, 6) is -0.181. The zero-order valence-corrected chi connectivity index (χ0v) is 8.44. The van der Waals surface area contributed by atoms with E-state index in [1.54, 1.807) is 25.3 Å². The molecule has 0 radical (unpaired) electrons. The van der Waals surface area contributed by atoms with Crippen LogP contribution < -0.4 is 0 Å². The van der Waals surface area contributed by atoms with Crippen LogP contribution in [0.1, 0.15) is 5.56 Å². The standard InChI is InChI=1S/C10H9FN2.ClH/c1-7-6-8(2-3-9(7)11)10-4-5-12-13-10;/h2-6H,1H3,(H,12,13);1H. The summed E-state index contributed by atoms with van der Waals surface area (Å²) in [6.07, 6.45) is 1.74. The van der Waals surface area contributed by atoms with Crippen LogP contribution in [0.25, 0.3) is 11.3 Å². The van der Waals surface area contributed by atoms with E-state index in [1.807, 2.05) is 6.07 Å². The minimum Gasteiger partial charge on any atom is -0.285 e. The lowest BCUT2D eigenvalue weighted by Gasteiger charge is -1.99. The molecule has 4 heteroatoms. The number of H-pyrrole nitrogens is 1. The second-order valence-electron chi connectivity index (χ2n) is 2.92. The Morgan fingerprint density at radius 2 is 2.07 bits per heavy atom. The topological polar surface area (TPSA) is 28.7 Å². The van der Waals surface area contributed by atoms with Gasteiger partial charge < -0.3 is 0 Å². The van der Waals surface area contributed by atoms with Crippen LogP contribution in [-0.4, -0.2) is 10.2 Å². The Bertz CT molecular complexity index is 412. The number of hydrogen-bond acceptors (Lipinski definition) is 1. The van der Waals surface area contributed by atoms with Gasteiger partial charge in [-0.15, -0.1) is 12.4 Å². The largest absolute Gasteiger partial charge is 0.285 e. The van der Waals surface area contributed by atoms with Crippen molar-refractivity contribution >= 4 is 12.4 Å². The molecule has 1 heterocycles. The molecule has 74 valence electrons. The third-order valence-corrected chi connectivity index (χ3v) is 1.95. The quantitative estimate of drug-likeness (QED) is 0.774. The van der Waals surface area contributed by atoms with Gasteiger partial charge in [0.05, 0.1) is 5.69 Å². The van der Waals surface area contributed by atoms with E-state index in [4.69, 9.17) is 0 Å². The molecule has 0 aliphatic rings. The van der Waals surface area contributed by atoms with Crippen LogP contribution in [-0.2, 0) is 0 Å². The Labute approximate surface area is 87.6 Å². The second-order valence-corrected chi connectivity index (χ2v) is 2.92. The summed E-state index contributed by atoms with van der Waals surface area (Å²) in [4.78, 5) is 0. The molecule has 1 aromatic heterocycles. The van der Waals surface area contributed by atoms with Crippen molar-refractivity contribution < 1.29 is 4.39 Å². The van der Waals surface area contributed by atoms with Gasteiger partial charge in [-0.25, -0.2) is 4.39 Å². The lowest BCUT2D eigenvalue weighted by Crippen LogP contribution is -1.84. The van der Waals surface area contributed by atoms with E-state index < -0.39 is 0 Å². The van der Waals surface area contributed by atoms with E-state index >= 15 is 0 Å². The van der Waals surface area contributed by atoms with E-state index in [-0.39, 0.29) is 18.2 Å². The zero-order chi connectivity index (χ0) is 9.26. The number of hydrogen-bond donors (Lipinski definition) is 1. The van der Waals surface area contributed by atoms with Gasteiger partial charge in [-0.1, -0.05) is 0 Å². The van der Waals surface area contributed by atoms with Gasteiger partial charge in [-0.05, 0) is 36.8 Å². The van der Waals surface area contributed by atoms with Gasteiger partial charge in [0.25, 0.3) is 0 Å². The Balaban J connectivity index is 0.000000980. The Morgan fingerprint density at radius 1 is 1.29 bits per heavy atom. The highest BCUT2D eigenvalue weighted by molar-refractivity contribution is 5.85. The first kappa shape index (κ1) is 10.7. The number of rotatable bonds is 1. The summed E-state index contributed by atoms with van der Waals surface area (Å²) in [6, 6.07) is 6.82. The van der Waals surface area contributed by atoms with Gasteiger partial charge in [0, 0.05) is 11.8 Å². The normalized spacial score (nSPS) is 9.57. The van der Waals surface area contributed by atoms with Crippen molar-refractivity contribution in [3.05, 3.63) is 41.8 Å². The molecule has 0 saturated heterocycles. The van der Waals surface area contributed by atoms with E-state index in [1.165, 1.54) is 6.07 Å². The summed E-state index contributed by atoms with van der Waals surface area (Å²) in [5.41, 5.74) is 2.41. The van der Waals surface area contributed by atoms with Crippen molar-refractivity contribution in [2.45, 2.75) is 6.92 Å². The molecule has 2 rings (SSSR count). The number of nitrogens with zero attached hydrogens (tertiary/aromatic N) is 1. The number of halogens is 2. The third kappa shape index (κ3) is 1.93. The lowest BCUT2D eigenvalue weighted by molar-refractivity contribution is 0.619. The number of aromatic amines is 1. The number of benzene rings is 1. The predicted octanol–water partition coefficient (Wildman–Crippen LogP) is 2.95. The fraction of sp³-hybridized carbons (Fsp3) is 0.100. The molecule has 0 aliphatic carbocycles. The van der Waals surface area contributed by atoms with Crippen LogP contribution in [0.4, 0.5) is 4.39 Å². The minimum atomic E-state index is -0.181. The Morgan fingerprint density at radius 3 is 2.64 bits per heavy atom. The van der Waals surface area contributed by atoms with Crippen molar-refractivity contribution in [1.82, 2.24) is 10.2 Å². The van der Waals surface area contributed by atoms with E-state index in [9.17, 15) is 4.39 Å². The van der Waals surface area contributed by atoms with Crippen molar-refractivity contribution in [2.75, 3.05) is 0 Å². The number of nitrogens with one attached hydrogen (secondary N) is 1. The molecule has 2 nitrogen and oxygen atoms in total. The first-order chi connectivity index (χ1) is 6.27. The molecular weight excluding hydrogens is 203 g/mol. The van der Waals surface area contributed by atoms with Crippen LogP contribution in [0.15, 0.2) is 30.5 Å². The number of aromatic nitrogens is 2. The highest BCUT2D eigenvalue weighted by atomic mass is 35.5. The van der Waals surface area contributed by atoms with Crippen molar-refractivity contribution in [1.29, 1.82) is 0 Å². The molecule has 0 atom stereocenters. The maximum atomic E-state index is 12.9. The summed E-state index contributed by atoms with van der Waals surface area (Å²) in [5, 5.41) is 6.73. The summed E-state index contributed by atoms with van der Waals surface area (Å²) in [6.45, 7) is 1.74. The predicted molar refractivity (Wildman–Crippen MR) is 56.0 cm³/mol. The highest BCUT2D eigenvalue weighted by Gasteiger charge is 2.02. The van der Waals surface area contributed by atoms with Crippen LogP contribution in [0.3, 0.4) is 0 Å². The average Bonchev–Trinajstić information content (AvgIpc) is 2.62. The van der Waals surface area contributed by atoms with Crippen LogP contribution in [0, 0.1) is 12.7 Å². The zero-order valence-electron chi connectivity index (χ0n) is 7.62. The Hall–Kier alpha value is -1.35. The SMILES string of the molecule is Cc1cc(-c2cc[nH]n2)ccc1F.Cl. The molecule has 2 aromatic rings. The Kier molecular flexibility index (Phi) is 3.25. The first-order valence-corrected chi connectivity index (χ1v) is 4.03. The first-order valence-electron chi connectivity index (χ1n) is 4.03. The van der Waals surface area contributed by atoms with Crippen molar-refractivity contribution in [3.8, 4) is 11.3 Å². The average molecular weight is 213 g/mol.